The summed E-state index contributed by atoms with van der Waals surface area (Å²) in [6.07, 6.45) is 5.24. The fourth-order valence-electron chi connectivity index (χ4n) is 6.46. The van der Waals surface area contributed by atoms with Gasteiger partial charge in [0.2, 0.25) is 22.6 Å². The summed E-state index contributed by atoms with van der Waals surface area (Å²) in [5.74, 6) is -6.69. The minimum Gasteiger partial charge on any atom is -0.499 e. The predicted molar refractivity (Wildman–Crippen MR) is 194 cm³/mol. The van der Waals surface area contributed by atoms with Crippen molar-refractivity contribution in [3.05, 3.63) is 40.3 Å². The Labute approximate surface area is 324 Å². The van der Waals surface area contributed by atoms with Gasteiger partial charge >= 0.3 is 0 Å². The highest BCUT2D eigenvalue weighted by atomic mass is 32.2. The summed E-state index contributed by atoms with van der Waals surface area (Å²) in [6.45, 7) is 5.49. The first-order valence-corrected chi connectivity index (χ1v) is 19.0. The molecule has 19 nitrogen and oxygen atoms in total. The number of allylic oxidation sites excluding steroid dienone is 1. The van der Waals surface area contributed by atoms with Crippen LogP contribution in [0.1, 0.15) is 88.6 Å². The van der Waals surface area contributed by atoms with Crippen molar-refractivity contribution >= 4 is 39.8 Å². The Bertz CT molecular complexity index is 1650. The molecule has 2 atom stereocenters. The molecule has 2 unspecified atom stereocenters. The van der Waals surface area contributed by atoms with Crippen molar-refractivity contribution in [1.82, 2.24) is 9.47 Å². The molecule has 0 aromatic carbocycles. The molecule has 1 amide bonds. The molecule has 4 heterocycles. The lowest BCUT2D eigenvalue weighted by Crippen LogP contribution is -2.36. The predicted octanol–water partition coefficient (Wildman–Crippen LogP) is 6.67. The number of amides is 1. The lowest BCUT2D eigenvalue weighted by molar-refractivity contribution is -0.487. The third kappa shape index (κ3) is 10.5. The van der Waals surface area contributed by atoms with Gasteiger partial charge in [-0.3, -0.25) is 9.59 Å². The van der Waals surface area contributed by atoms with E-state index in [1.807, 2.05) is 6.92 Å². The molecule has 2 aromatic heterocycles. The van der Waals surface area contributed by atoms with Crippen LogP contribution in [0.15, 0.2) is 29.2 Å². The van der Waals surface area contributed by atoms with Crippen molar-refractivity contribution in [1.29, 1.82) is 0 Å². The van der Waals surface area contributed by atoms with E-state index in [0.29, 0.717) is 40.4 Å². The van der Waals surface area contributed by atoms with Crippen molar-refractivity contribution < 1.29 is 85.4 Å². The second-order valence-electron chi connectivity index (χ2n) is 13.9. The first kappa shape index (κ1) is 44.7. The SMILES string of the molecule is CCC(CCCC(C)(OO)OO)CN1C(=O)c2c(c(O)n(CC(CCCC(C)(OO)OO)COCC(C)(OO)OO)c2-c2ccc(O)s2)C1=C1C=CC(=O)S1. The molecule has 308 valence electrons. The molecule has 0 radical (unpaired) electrons. The summed E-state index contributed by atoms with van der Waals surface area (Å²) < 4.78 is 7.27. The van der Waals surface area contributed by atoms with Gasteiger partial charge in [-0.05, 0) is 88.4 Å². The number of thioether (sulfide) groups is 1. The number of aromatic nitrogens is 1. The Hall–Kier alpha value is -2.97. The Kier molecular flexibility index (Phi) is 15.8. The van der Waals surface area contributed by atoms with Gasteiger partial charge in [0.05, 0.1) is 34.0 Å². The molecule has 21 heteroatoms. The molecule has 0 aliphatic carbocycles. The summed E-state index contributed by atoms with van der Waals surface area (Å²) in [5, 5.41) is 77.4. The summed E-state index contributed by atoms with van der Waals surface area (Å²) in [7, 11) is 0. The summed E-state index contributed by atoms with van der Waals surface area (Å²) in [5.41, 5.74) is 0.944. The van der Waals surface area contributed by atoms with Crippen LogP contribution in [0.3, 0.4) is 0 Å². The fraction of sp³-hybridized carbons (Fsp3) is 0.588. The minimum absolute atomic E-state index is 0.00575. The number of hydrogen-bond donors (Lipinski definition) is 8. The third-order valence-electron chi connectivity index (χ3n) is 9.66. The van der Waals surface area contributed by atoms with Gasteiger partial charge in [-0.15, -0.1) is 0 Å². The zero-order chi connectivity index (χ0) is 40.6. The van der Waals surface area contributed by atoms with Crippen LogP contribution in [0.2, 0.25) is 0 Å². The maximum absolute atomic E-state index is 14.7. The monoisotopic (exact) mass is 820 g/mol. The number of thiophene rings is 1. The van der Waals surface area contributed by atoms with Gasteiger partial charge in [0.25, 0.3) is 11.7 Å². The molecule has 4 rings (SSSR count). The molecule has 2 aliphatic rings. The molecule has 55 heavy (non-hydrogen) atoms. The van der Waals surface area contributed by atoms with E-state index >= 15 is 0 Å². The van der Waals surface area contributed by atoms with Crippen LogP contribution in [-0.4, -0.2) is 99.4 Å². The molecule has 0 bridgehead atoms. The summed E-state index contributed by atoms with van der Waals surface area (Å²) in [6, 6.07) is 3.06. The standard InChI is InChI=1S/C34H48N2O17S2/c1-5-20(8-6-14-32(2,48-41)49-42)16-35-28(22-10-12-24(37)54-22)26-27(30(35)39)29(23-11-13-25(38)55-23)36(31(26)40)17-21(9-7-15-33(3,50-43)51-44)18-47-19-34(4,52-45)53-46/h10-13,20-21,38,40-46H,5-9,14-19H2,1-4H3. The fourth-order valence-corrected chi connectivity index (χ4v) is 8.07. The largest absolute Gasteiger partial charge is 0.499 e. The van der Waals surface area contributed by atoms with E-state index in [9.17, 15) is 40.8 Å². The molecule has 0 saturated heterocycles. The highest BCUT2D eigenvalue weighted by Crippen LogP contribution is 2.52. The maximum atomic E-state index is 14.7. The van der Waals surface area contributed by atoms with E-state index in [1.165, 1.54) is 42.4 Å². The average molecular weight is 821 g/mol. The quantitative estimate of drug-likeness (QED) is 0.0312. The second kappa shape index (κ2) is 19.5. The minimum atomic E-state index is -1.93. The molecule has 8 N–H and O–H groups in total. The normalized spacial score (nSPS) is 17.5. The maximum Gasteiger partial charge on any atom is 0.261 e. The summed E-state index contributed by atoms with van der Waals surface area (Å²) in [4.78, 5) is 55.1. The lowest BCUT2D eigenvalue weighted by atomic mass is 9.96. The van der Waals surface area contributed by atoms with Crippen molar-refractivity contribution in [2.45, 2.75) is 96.5 Å². The molecule has 0 fully saturated rings. The summed E-state index contributed by atoms with van der Waals surface area (Å²) >= 11 is 1.89. The number of aromatic hydroxyl groups is 2. The van der Waals surface area contributed by atoms with E-state index in [1.54, 1.807) is 12.1 Å². The van der Waals surface area contributed by atoms with Crippen molar-refractivity contribution in [2.24, 2.45) is 11.8 Å². The molecule has 0 saturated carbocycles. The number of carbonyl (C=O) groups excluding carboxylic acids is 2. The van der Waals surface area contributed by atoms with Gasteiger partial charge < -0.3 is 24.4 Å². The van der Waals surface area contributed by atoms with E-state index in [4.69, 9.17) is 15.3 Å². The van der Waals surface area contributed by atoms with Crippen LogP contribution in [0.5, 0.6) is 10.9 Å². The smallest absolute Gasteiger partial charge is 0.261 e. The highest BCUT2D eigenvalue weighted by molar-refractivity contribution is 8.18. The highest BCUT2D eigenvalue weighted by Gasteiger charge is 2.44. The topological polar surface area (TPSA) is 269 Å². The van der Waals surface area contributed by atoms with Gasteiger partial charge in [0.1, 0.15) is 6.61 Å². The first-order valence-electron chi connectivity index (χ1n) is 17.4. The van der Waals surface area contributed by atoms with Gasteiger partial charge in [-0.1, -0.05) is 24.7 Å². The van der Waals surface area contributed by atoms with Crippen LogP contribution in [-0.2, 0) is 45.4 Å². The Balaban J connectivity index is 1.77. The van der Waals surface area contributed by atoms with E-state index < -0.39 is 35.8 Å². The van der Waals surface area contributed by atoms with E-state index in [0.717, 1.165) is 23.1 Å². The van der Waals surface area contributed by atoms with Crippen LogP contribution < -0.4 is 0 Å². The number of hydrogen-bond acceptors (Lipinski definition) is 19. The first-order chi connectivity index (χ1) is 26.1. The molecule has 2 aliphatic heterocycles. The number of rotatable bonds is 24. The van der Waals surface area contributed by atoms with Gasteiger partial charge in [0, 0.05) is 36.8 Å². The van der Waals surface area contributed by atoms with Gasteiger partial charge in [-0.2, -0.15) is 9.78 Å². The zero-order valence-electron chi connectivity index (χ0n) is 30.7. The number of ether oxygens (including phenoxy) is 1. The van der Waals surface area contributed by atoms with Crippen molar-refractivity contribution in [3.8, 4) is 21.5 Å². The van der Waals surface area contributed by atoms with Crippen LogP contribution in [0.25, 0.3) is 16.3 Å². The number of carbonyl (C=O) groups is 2. The molecule has 2 aromatic rings. The average Bonchev–Trinajstić information content (AvgIpc) is 3.95. The van der Waals surface area contributed by atoms with E-state index in [2.05, 4.69) is 29.3 Å². The second-order valence-corrected chi connectivity index (χ2v) is 16.1. The van der Waals surface area contributed by atoms with E-state index in [-0.39, 0.29) is 78.5 Å². The van der Waals surface area contributed by atoms with Gasteiger partial charge in [-0.25, -0.2) is 51.1 Å². The Morgan fingerprint density at radius 3 is 1.84 bits per heavy atom. The zero-order valence-corrected chi connectivity index (χ0v) is 32.3. The Morgan fingerprint density at radius 2 is 1.35 bits per heavy atom. The number of fused-ring (bicyclic) bond motifs is 1. The van der Waals surface area contributed by atoms with Crippen LogP contribution in [0, 0.1) is 11.8 Å². The van der Waals surface area contributed by atoms with Crippen molar-refractivity contribution in [3.63, 3.8) is 0 Å². The Morgan fingerprint density at radius 1 is 0.764 bits per heavy atom. The van der Waals surface area contributed by atoms with Crippen LogP contribution >= 0.6 is 23.1 Å². The molecule has 0 spiro atoms. The van der Waals surface area contributed by atoms with Crippen LogP contribution in [0.4, 0.5) is 0 Å². The molecular formula is C34H48N2O17S2. The lowest BCUT2D eigenvalue weighted by Gasteiger charge is -2.28. The van der Waals surface area contributed by atoms with Crippen molar-refractivity contribution in [2.75, 3.05) is 19.8 Å². The number of nitrogens with zero attached hydrogens (tertiary/aromatic N) is 2. The van der Waals surface area contributed by atoms with Gasteiger partial charge in [0.15, 0.2) is 5.06 Å². The third-order valence-corrected chi connectivity index (χ3v) is 11.4. The molecular weight excluding hydrogens is 773 g/mol.